The van der Waals surface area contributed by atoms with Crippen molar-refractivity contribution in [2.45, 2.75) is 19.3 Å². The molecule has 6 aromatic rings. The van der Waals surface area contributed by atoms with E-state index in [0.717, 1.165) is 74.7 Å². The summed E-state index contributed by atoms with van der Waals surface area (Å²) >= 11 is 0. The Labute approximate surface area is 217 Å². The SMILES string of the molecule is O=C(Nc1cncc(-c2ccc3[nH]nc(-c4cc5c(-c6ccc(F)cc6)cncc5[nH]4)c3c2)c1)C1CCC1. The number of aromatic amines is 2. The summed E-state index contributed by atoms with van der Waals surface area (Å²) in [4.78, 5) is 24.6. The molecule has 7 nitrogen and oxygen atoms in total. The molecule has 3 N–H and O–H groups in total. The smallest absolute Gasteiger partial charge is 0.227 e. The number of fused-ring (bicyclic) bond motifs is 2. The summed E-state index contributed by atoms with van der Waals surface area (Å²) in [6.45, 7) is 0. The number of nitrogens with zero attached hydrogens (tertiary/aromatic N) is 3. The lowest BCUT2D eigenvalue weighted by Gasteiger charge is -2.24. The van der Waals surface area contributed by atoms with Gasteiger partial charge in [0.1, 0.15) is 11.5 Å². The first kappa shape index (κ1) is 22.4. The minimum atomic E-state index is -0.274. The third-order valence-electron chi connectivity index (χ3n) is 7.33. The second-order valence-corrected chi connectivity index (χ2v) is 9.75. The van der Waals surface area contributed by atoms with Crippen molar-refractivity contribution < 1.29 is 9.18 Å². The third-order valence-corrected chi connectivity index (χ3v) is 7.33. The molecule has 1 saturated carbocycles. The molecule has 1 aliphatic carbocycles. The fourth-order valence-electron chi connectivity index (χ4n) is 5.02. The van der Waals surface area contributed by atoms with E-state index in [2.05, 4.69) is 42.6 Å². The fourth-order valence-corrected chi connectivity index (χ4v) is 5.02. The van der Waals surface area contributed by atoms with Crippen LogP contribution in [0.1, 0.15) is 19.3 Å². The Kier molecular flexibility index (Phi) is 5.25. The predicted molar refractivity (Wildman–Crippen MR) is 146 cm³/mol. The molecule has 0 radical (unpaired) electrons. The maximum atomic E-state index is 13.5. The van der Waals surface area contributed by atoms with Gasteiger partial charge in [0.2, 0.25) is 5.91 Å². The topological polar surface area (TPSA) is 99.3 Å². The first-order valence-electron chi connectivity index (χ1n) is 12.6. The minimum absolute atomic E-state index is 0.0658. The summed E-state index contributed by atoms with van der Waals surface area (Å²) in [7, 11) is 0. The van der Waals surface area contributed by atoms with Gasteiger partial charge in [-0.3, -0.25) is 19.9 Å². The van der Waals surface area contributed by atoms with E-state index >= 15 is 0 Å². The van der Waals surface area contributed by atoms with Crippen LogP contribution in [0.3, 0.4) is 0 Å². The van der Waals surface area contributed by atoms with Gasteiger partial charge in [0.05, 0.1) is 34.8 Å². The number of aromatic nitrogens is 5. The largest absolute Gasteiger partial charge is 0.352 e. The summed E-state index contributed by atoms with van der Waals surface area (Å²) < 4.78 is 13.5. The molecule has 1 fully saturated rings. The number of carbonyl (C=O) groups is 1. The van der Waals surface area contributed by atoms with E-state index in [9.17, 15) is 9.18 Å². The highest BCUT2D eigenvalue weighted by molar-refractivity contribution is 6.01. The zero-order valence-electron chi connectivity index (χ0n) is 20.3. The fraction of sp³-hybridized carbons (Fsp3) is 0.133. The van der Waals surface area contributed by atoms with E-state index < -0.39 is 0 Å². The molecule has 186 valence electrons. The quantitative estimate of drug-likeness (QED) is 0.244. The third kappa shape index (κ3) is 3.91. The molecule has 38 heavy (non-hydrogen) atoms. The number of hydrogen-bond acceptors (Lipinski definition) is 4. The normalized spacial score (nSPS) is 13.6. The molecule has 4 aromatic heterocycles. The minimum Gasteiger partial charge on any atom is -0.352 e. The van der Waals surface area contributed by atoms with Crippen molar-refractivity contribution in [2.75, 3.05) is 5.32 Å². The number of anilines is 1. The van der Waals surface area contributed by atoms with Gasteiger partial charge in [0, 0.05) is 40.2 Å². The average Bonchev–Trinajstić information content (AvgIpc) is 3.52. The van der Waals surface area contributed by atoms with Crippen LogP contribution >= 0.6 is 0 Å². The molecule has 0 saturated heterocycles. The summed E-state index contributed by atoms with van der Waals surface area (Å²) in [5, 5.41) is 12.7. The predicted octanol–water partition coefficient (Wildman–Crippen LogP) is 6.71. The Balaban J connectivity index is 1.26. The van der Waals surface area contributed by atoms with Gasteiger partial charge in [-0.15, -0.1) is 0 Å². The maximum Gasteiger partial charge on any atom is 0.227 e. The Morgan fingerprint density at radius 3 is 2.47 bits per heavy atom. The monoisotopic (exact) mass is 502 g/mol. The maximum absolute atomic E-state index is 13.5. The van der Waals surface area contributed by atoms with Gasteiger partial charge in [0.25, 0.3) is 0 Å². The van der Waals surface area contributed by atoms with Gasteiger partial charge < -0.3 is 10.3 Å². The lowest BCUT2D eigenvalue weighted by atomic mass is 9.85. The highest BCUT2D eigenvalue weighted by atomic mass is 19.1. The van der Waals surface area contributed by atoms with E-state index in [1.165, 1.54) is 12.1 Å². The molecular formula is C30H23FN6O. The number of pyridine rings is 2. The van der Waals surface area contributed by atoms with Gasteiger partial charge in [-0.05, 0) is 60.4 Å². The average molecular weight is 503 g/mol. The lowest BCUT2D eigenvalue weighted by Crippen LogP contribution is -2.28. The Bertz CT molecular complexity index is 1820. The van der Waals surface area contributed by atoms with Crippen LogP contribution in [-0.4, -0.2) is 31.1 Å². The highest BCUT2D eigenvalue weighted by Gasteiger charge is 2.25. The molecular weight excluding hydrogens is 479 g/mol. The van der Waals surface area contributed by atoms with Crippen molar-refractivity contribution >= 4 is 33.4 Å². The number of H-pyrrole nitrogens is 2. The molecule has 8 heteroatoms. The number of hydrogen-bond donors (Lipinski definition) is 3. The molecule has 7 rings (SSSR count). The van der Waals surface area contributed by atoms with E-state index in [0.29, 0.717) is 5.69 Å². The van der Waals surface area contributed by atoms with Gasteiger partial charge in [-0.2, -0.15) is 5.10 Å². The van der Waals surface area contributed by atoms with Crippen molar-refractivity contribution in [1.29, 1.82) is 0 Å². The molecule has 1 amide bonds. The zero-order valence-corrected chi connectivity index (χ0v) is 20.3. The molecule has 0 bridgehead atoms. The standard InChI is InChI=1S/C30H23FN6O/c31-21-7-4-17(5-8-21)25-15-33-16-28-23(25)12-27(35-28)29-24-11-19(6-9-26(24)36-37-29)20-10-22(14-32-13-20)34-30(38)18-2-1-3-18/h4-16,18,35H,1-3H2,(H,34,38)(H,36,37). The van der Waals surface area contributed by atoms with Crippen LogP contribution in [-0.2, 0) is 4.79 Å². The lowest BCUT2D eigenvalue weighted by molar-refractivity contribution is -0.122. The van der Waals surface area contributed by atoms with Crippen LogP contribution in [0, 0.1) is 11.7 Å². The summed E-state index contributed by atoms with van der Waals surface area (Å²) in [5.74, 6) is -0.0985. The van der Waals surface area contributed by atoms with Crippen LogP contribution < -0.4 is 5.32 Å². The molecule has 0 atom stereocenters. The van der Waals surface area contributed by atoms with Gasteiger partial charge in [0.15, 0.2) is 0 Å². The number of carbonyl (C=O) groups excluding carboxylic acids is 1. The van der Waals surface area contributed by atoms with Crippen molar-refractivity contribution in [3.05, 3.63) is 85.2 Å². The van der Waals surface area contributed by atoms with Crippen molar-refractivity contribution in [1.82, 2.24) is 25.1 Å². The number of benzene rings is 2. The first-order chi connectivity index (χ1) is 18.6. The second-order valence-electron chi connectivity index (χ2n) is 9.75. The van der Waals surface area contributed by atoms with Crippen LogP contribution in [0.4, 0.5) is 10.1 Å². The number of amides is 1. The van der Waals surface area contributed by atoms with Crippen LogP contribution in [0.2, 0.25) is 0 Å². The van der Waals surface area contributed by atoms with Gasteiger partial charge in [-0.25, -0.2) is 4.39 Å². The Morgan fingerprint density at radius 1 is 0.842 bits per heavy atom. The number of rotatable bonds is 5. The summed E-state index contributed by atoms with van der Waals surface area (Å²) in [6.07, 6.45) is 10.1. The summed E-state index contributed by atoms with van der Waals surface area (Å²) in [5.41, 5.74) is 7.78. The zero-order chi connectivity index (χ0) is 25.6. The number of nitrogens with one attached hydrogen (secondary N) is 3. The molecule has 0 unspecified atom stereocenters. The molecule has 4 heterocycles. The van der Waals surface area contributed by atoms with Crippen LogP contribution in [0.5, 0.6) is 0 Å². The molecule has 1 aliphatic rings. The van der Waals surface area contributed by atoms with E-state index in [1.807, 2.05) is 18.2 Å². The number of halogens is 1. The first-order valence-corrected chi connectivity index (χ1v) is 12.6. The van der Waals surface area contributed by atoms with Gasteiger partial charge in [-0.1, -0.05) is 24.6 Å². The molecule has 2 aromatic carbocycles. The van der Waals surface area contributed by atoms with Crippen LogP contribution in [0.25, 0.3) is 55.4 Å². The molecule has 0 spiro atoms. The van der Waals surface area contributed by atoms with E-state index in [-0.39, 0.29) is 17.6 Å². The summed E-state index contributed by atoms with van der Waals surface area (Å²) in [6, 6.07) is 16.5. The van der Waals surface area contributed by atoms with Crippen molar-refractivity contribution in [3.8, 4) is 33.6 Å². The van der Waals surface area contributed by atoms with Gasteiger partial charge >= 0.3 is 0 Å². The van der Waals surface area contributed by atoms with Crippen molar-refractivity contribution in [3.63, 3.8) is 0 Å². The second kappa shape index (κ2) is 8.92. The van der Waals surface area contributed by atoms with E-state index in [4.69, 9.17) is 0 Å². The Morgan fingerprint density at radius 2 is 1.66 bits per heavy atom. The van der Waals surface area contributed by atoms with E-state index in [1.54, 1.807) is 36.9 Å². The van der Waals surface area contributed by atoms with Crippen LogP contribution in [0.15, 0.2) is 79.4 Å². The highest BCUT2D eigenvalue weighted by Crippen LogP contribution is 2.35. The van der Waals surface area contributed by atoms with Crippen molar-refractivity contribution in [2.24, 2.45) is 5.92 Å². The Hall–Kier alpha value is -4.85. The molecule has 0 aliphatic heterocycles.